The van der Waals surface area contributed by atoms with Crippen LogP contribution in [0.3, 0.4) is 0 Å². The van der Waals surface area contributed by atoms with Crippen LogP contribution in [0.2, 0.25) is 5.02 Å². The van der Waals surface area contributed by atoms with E-state index < -0.39 is 0 Å². The first-order chi connectivity index (χ1) is 12.2. The van der Waals surface area contributed by atoms with Crippen molar-refractivity contribution in [1.82, 2.24) is 20.5 Å². The molecule has 3 aromatic rings. The molecule has 128 valence electrons. The molecule has 0 saturated carbocycles. The molecular formula is C18H17ClN4OS. The number of rotatable bonds is 7. The third-order valence-electron chi connectivity index (χ3n) is 3.57. The van der Waals surface area contributed by atoms with Crippen LogP contribution in [-0.4, -0.2) is 26.8 Å². The Morgan fingerprint density at radius 1 is 1.12 bits per heavy atom. The van der Waals surface area contributed by atoms with Gasteiger partial charge in [0.25, 0.3) is 0 Å². The van der Waals surface area contributed by atoms with Gasteiger partial charge in [-0.15, -0.1) is 11.8 Å². The summed E-state index contributed by atoms with van der Waals surface area (Å²) >= 11 is 7.57. The van der Waals surface area contributed by atoms with Crippen LogP contribution in [0.1, 0.15) is 22.2 Å². The highest BCUT2D eigenvalue weighted by Crippen LogP contribution is 2.35. The van der Waals surface area contributed by atoms with Crippen LogP contribution in [0.4, 0.5) is 0 Å². The lowest BCUT2D eigenvalue weighted by molar-refractivity contribution is -0.118. The number of carbonyl (C=O) groups excluding carboxylic acids is 1. The summed E-state index contributed by atoms with van der Waals surface area (Å²) in [5, 5.41) is 10.1. The second kappa shape index (κ2) is 8.69. The smallest absolute Gasteiger partial charge is 0.230 e. The van der Waals surface area contributed by atoms with Crippen molar-refractivity contribution in [2.45, 2.75) is 11.8 Å². The van der Waals surface area contributed by atoms with Gasteiger partial charge in [-0.05, 0) is 23.3 Å². The molecular weight excluding hydrogens is 356 g/mol. The van der Waals surface area contributed by atoms with Crippen LogP contribution in [0.15, 0.2) is 60.9 Å². The SMILES string of the molecule is O=C(CSC(c1ccccc1)c1ccc(Cl)cc1)NCc1ncn[nH]1. The Morgan fingerprint density at radius 2 is 1.84 bits per heavy atom. The van der Waals surface area contributed by atoms with Gasteiger partial charge in [0.2, 0.25) is 5.91 Å². The summed E-state index contributed by atoms with van der Waals surface area (Å²) in [5.41, 5.74) is 2.27. The number of hydrogen-bond acceptors (Lipinski definition) is 4. The Hall–Kier alpha value is -2.31. The summed E-state index contributed by atoms with van der Waals surface area (Å²) < 4.78 is 0. The Morgan fingerprint density at radius 3 is 2.52 bits per heavy atom. The monoisotopic (exact) mass is 372 g/mol. The van der Waals surface area contributed by atoms with Gasteiger partial charge in [-0.1, -0.05) is 54.1 Å². The number of carbonyl (C=O) groups is 1. The number of halogens is 1. The highest BCUT2D eigenvalue weighted by molar-refractivity contribution is 8.00. The van der Waals surface area contributed by atoms with E-state index in [0.717, 1.165) is 11.1 Å². The largest absolute Gasteiger partial charge is 0.348 e. The van der Waals surface area contributed by atoms with E-state index in [9.17, 15) is 4.79 Å². The number of aromatic nitrogens is 3. The second-order valence-corrected chi connectivity index (χ2v) is 6.89. The lowest BCUT2D eigenvalue weighted by Crippen LogP contribution is -2.25. The van der Waals surface area contributed by atoms with E-state index in [-0.39, 0.29) is 11.2 Å². The summed E-state index contributed by atoms with van der Waals surface area (Å²) in [5.74, 6) is 0.933. The van der Waals surface area contributed by atoms with Gasteiger partial charge in [0.1, 0.15) is 12.2 Å². The molecule has 1 heterocycles. The lowest BCUT2D eigenvalue weighted by atomic mass is 10.0. The van der Waals surface area contributed by atoms with E-state index in [4.69, 9.17) is 11.6 Å². The van der Waals surface area contributed by atoms with Crippen molar-refractivity contribution in [2.24, 2.45) is 0 Å². The van der Waals surface area contributed by atoms with Crippen LogP contribution in [0.25, 0.3) is 0 Å². The highest BCUT2D eigenvalue weighted by Gasteiger charge is 2.16. The Balaban J connectivity index is 1.65. The van der Waals surface area contributed by atoms with Gasteiger partial charge in [0, 0.05) is 5.02 Å². The van der Waals surface area contributed by atoms with Gasteiger partial charge >= 0.3 is 0 Å². The fraction of sp³-hybridized carbons (Fsp3) is 0.167. The molecule has 0 aliphatic rings. The molecule has 7 heteroatoms. The van der Waals surface area contributed by atoms with Gasteiger partial charge in [-0.3, -0.25) is 9.89 Å². The van der Waals surface area contributed by atoms with Crippen molar-refractivity contribution in [3.05, 3.63) is 82.9 Å². The van der Waals surface area contributed by atoms with E-state index in [2.05, 4.69) is 32.6 Å². The molecule has 2 aromatic carbocycles. The molecule has 0 saturated heterocycles. The Kier molecular flexibility index (Phi) is 6.09. The van der Waals surface area contributed by atoms with Crippen molar-refractivity contribution in [3.8, 4) is 0 Å². The molecule has 0 fully saturated rings. The number of amides is 1. The van der Waals surface area contributed by atoms with E-state index in [1.807, 2.05) is 42.5 Å². The Bertz CT molecular complexity index is 794. The molecule has 5 nitrogen and oxygen atoms in total. The number of hydrogen-bond donors (Lipinski definition) is 2. The third-order valence-corrected chi connectivity index (χ3v) is 5.13. The molecule has 1 unspecified atom stereocenters. The molecule has 1 amide bonds. The van der Waals surface area contributed by atoms with E-state index >= 15 is 0 Å². The van der Waals surface area contributed by atoms with E-state index in [1.54, 1.807) is 11.8 Å². The molecule has 0 aliphatic heterocycles. The maximum absolute atomic E-state index is 12.1. The molecule has 3 rings (SSSR count). The maximum Gasteiger partial charge on any atom is 0.230 e. The fourth-order valence-electron chi connectivity index (χ4n) is 2.36. The standard InChI is InChI=1S/C18H17ClN4OS/c19-15-8-6-14(7-9-15)18(13-4-2-1-3-5-13)25-11-17(24)20-10-16-21-12-22-23-16/h1-9,12,18H,10-11H2,(H,20,24)(H,21,22,23). The summed E-state index contributed by atoms with van der Waals surface area (Å²) in [6, 6.07) is 17.9. The van der Waals surface area contributed by atoms with Crippen molar-refractivity contribution < 1.29 is 4.79 Å². The van der Waals surface area contributed by atoms with Gasteiger partial charge in [0.15, 0.2) is 0 Å². The summed E-state index contributed by atoms with van der Waals surface area (Å²) in [4.78, 5) is 16.1. The van der Waals surface area contributed by atoms with Crippen LogP contribution in [0, 0.1) is 0 Å². The first-order valence-corrected chi connectivity index (χ1v) is 9.18. The zero-order chi connectivity index (χ0) is 17.5. The van der Waals surface area contributed by atoms with Crippen LogP contribution in [-0.2, 0) is 11.3 Å². The second-order valence-electron chi connectivity index (χ2n) is 5.36. The molecule has 1 atom stereocenters. The quantitative estimate of drug-likeness (QED) is 0.664. The molecule has 0 bridgehead atoms. The molecule has 1 aromatic heterocycles. The summed E-state index contributed by atoms with van der Waals surface area (Å²) in [6.45, 7) is 0.344. The number of H-pyrrole nitrogens is 1. The minimum absolute atomic E-state index is 0.0451. The van der Waals surface area contributed by atoms with Crippen LogP contribution in [0.5, 0.6) is 0 Å². The molecule has 0 aliphatic carbocycles. The van der Waals surface area contributed by atoms with Crippen molar-refractivity contribution in [1.29, 1.82) is 0 Å². The number of aromatic amines is 1. The normalized spacial score (nSPS) is 11.9. The van der Waals surface area contributed by atoms with E-state index in [0.29, 0.717) is 23.1 Å². The first kappa shape index (κ1) is 17.5. The number of benzene rings is 2. The molecule has 2 N–H and O–H groups in total. The first-order valence-electron chi connectivity index (χ1n) is 7.75. The summed E-state index contributed by atoms with van der Waals surface area (Å²) in [7, 11) is 0. The molecule has 0 radical (unpaired) electrons. The maximum atomic E-state index is 12.1. The van der Waals surface area contributed by atoms with Crippen LogP contribution >= 0.6 is 23.4 Å². The van der Waals surface area contributed by atoms with Gasteiger partial charge in [0.05, 0.1) is 17.5 Å². The predicted molar refractivity (Wildman–Crippen MR) is 100 cm³/mol. The average molecular weight is 373 g/mol. The van der Waals surface area contributed by atoms with Gasteiger partial charge in [-0.2, -0.15) is 5.10 Å². The third kappa shape index (κ3) is 5.08. The van der Waals surface area contributed by atoms with Crippen molar-refractivity contribution in [2.75, 3.05) is 5.75 Å². The number of nitrogens with one attached hydrogen (secondary N) is 2. The number of nitrogens with zero attached hydrogens (tertiary/aromatic N) is 2. The van der Waals surface area contributed by atoms with Crippen molar-refractivity contribution in [3.63, 3.8) is 0 Å². The van der Waals surface area contributed by atoms with Crippen LogP contribution < -0.4 is 5.32 Å². The zero-order valence-electron chi connectivity index (χ0n) is 13.4. The van der Waals surface area contributed by atoms with Crippen molar-refractivity contribution >= 4 is 29.3 Å². The lowest BCUT2D eigenvalue weighted by Gasteiger charge is -2.17. The molecule has 0 spiro atoms. The highest BCUT2D eigenvalue weighted by atomic mass is 35.5. The Labute approximate surface area is 155 Å². The fourth-order valence-corrected chi connectivity index (χ4v) is 3.60. The average Bonchev–Trinajstić information content (AvgIpc) is 3.16. The van der Waals surface area contributed by atoms with Gasteiger partial charge < -0.3 is 5.32 Å². The van der Waals surface area contributed by atoms with Gasteiger partial charge in [-0.25, -0.2) is 4.98 Å². The minimum Gasteiger partial charge on any atom is -0.348 e. The van der Waals surface area contributed by atoms with E-state index in [1.165, 1.54) is 6.33 Å². The minimum atomic E-state index is -0.0451. The molecule has 25 heavy (non-hydrogen) atoms. The topological polar surface area (TPSA) is 70.7 Å². The predicted octanol–water partition coefficient (Wildman–Crippen LogP) is 3.60. The zero-order valence-corrected chi connectivity index (χ0v) is 14.9. The summed E-state index contributed by atoms with van der Waals surface area (Å²) in [6.07, 6.45) is 1.42. The number of thioether (sulfide) groups is 1.